The molecular formula is C12H13BrF3NO. The maximum absolute atomic E-state index is 12.5. The summed E-state index contributed by atoms with van der Waals surface area (Å²) in [5.41, 5.74) is -0.797. The van der Waals surface area contributed by atoms with Gasteiger partial charge in [-0.1, -0.05) is 22.0 Å². The van der Waals surface area contributed by atoms with Crippen molar-refractivity contribution in [2.45, 2.75) is 25.6 Å². The minimum absolute atomic E-state index is 0.0197. The lowest BCUT2D eigenvalue weighted by atomic mass is 10.1. The van der Waals surface area contributed by atoms with Crippen molar-refractivity contribution in [2.75, 3.05) is 5.33 Å². The van der Waals surface area contributed by atoms with E-state index >= 15 is 0 Å². The van der Waals surface area contributed by atoms with Gasteiger partial charge in [0.1, 0.15) is 0 Å². The third kappa shape index (κ3) is 4.33. The average Bonchev–Trinajstić information content (AvgIpc) is 2.28. The maximum atomic E-state index is 12.5. The second-order valence-electron chi connectivity index (χ2n) is 3.93. The third-order valence-corrected chi connectivity index (χ3v) is 2.83. The van der Waals surface area contributed by atoms with Gasteiger partial charge >= 0.3 is 6.18 Å². The van der Waals surface area contributed by atoms with E-state index in [1.54, 1.807) is 6.92 Å². The molecule has 0 radical (unpaired) electrons. The Morgan fingerprint density at radius 3 is 2.67 bits per heavy atom. The van der Waals surface area contributed by atoms with Gasteiger partial charge in [0.2, 0.25) is 0 Å². The van der Waals surface area contributed by atoms with Crippen LogP contribution in [0.1, 0.15) is 29.3 Å². The minimum atomic E-state index is -4.43. The van der Waals surface area contributed by atoms with Crippen LogP contribution in [0.4, 0.5) is 13.2 Å². The molecule has 1 amide bonds. The molecule has 0 aromatic heterocycles. The first-order chi connectivity index (χ1) is 8.34. The molecule has 6 heteroatoms. The molecule has 1 unspecified atom stereocenters. The zero-order valence-electron chi connectivity index (χ0n) is 9.72. The van der Waals surface area contributed by atoms with Crippen molar-refractivity contribution in [1.29, 1.82) is 0 Å². The van der Waals surface area contributed by atoms with Gasteiger partial charge in [0.05, 0.1) is 5.56 Å². The Hall–Kier alpha value is -1.04. The molecule has 0 aliphatic rings. The summed E-state index contributed by atoms with van der Waals surface area (Å²) in [7, 11) is 0. The average molecular weight is 324 g/mol. The van der Waals surface area contributed by atoms with E-state index in [2.05, 4.69) is 21.2 Å². The van der Waals surface area contributed by atoms with Crippen LogP contribution < -0.4 is 5.32 Å². The molecular weight excluding hydrogens is 311 g/mol. The molecule has 0 aliphatic carbocycles. The number of amides is 1. The monoisotopic (exact) mass is 323 g/mol. The molecule has 0 aliphatic heterocycles. The molecule has 0 bridgehead atoms. The maximum Gasteiger partial charge on any atom is 0.416 e. The van der Waals surface area contributed by atoms with Gasteiger partial charge in [0.25, 0.3) is 5.91 Å². The molecule has 1 N–H and O–H groups in total. The molecule has 100 valence electrons. The van der Waals surface area contributed by atoms with E-state index in [9.17, 15) is 18.0 Å². The highest BCUT2D eigenvalue weighted by atomic mass is 79.9. The summed E-state index contributed by atoms with van der Waals surface area (Å²) in [6.45, 7) is 1.80. The first kappa shape index (κ1) is 15.0. The standard InChI is InChI=1S/C12H13BrF3NO/c1-8(5-6-13)17-11(18)9-3-2-4-10(7-9)12(14,15)16/h2-4,7-8H,5-6H2,1H3,(H,17,18). The number of carbonyl (C=O) groups excluding carboxylic acids is 1. The zero-order valence-corrected chi connectivity index (χ0v) is 11.3. The molecule has 2 nitrogen and oxygen atoms in total. The number of carbonyl (C=O) groups is 1. The molecule has 0 saturated carbocycles. The van der Waals surface area contributed by atoms with Gasteiger partial charge in [-0.05, 0) is 31.5 Å². The predicted molar refractivity (Wildman–Crippen MR) is 66.8 cm³/mol. The van der Waals surface area contributed by atoms with Crippen molar-refractivity contribution in [1.82, 2.24) is 5.32 Å². The van der Waals surface area contributed by atoms with Gasteiger partial charge in [0, 0.05) is 16.9 Å². The van der Waals surface area contributed by atoms with Crippen molar-refractivity contribution in [2.24, 2.45) is 0 Å². The van der Waals surface area contributed by atoms with Gasteiger partial charge in [-0.15, -0.1) is 0 Å². The predicted octanol–water partition coefficient (Wildman–Crippen LogP) is 3.61. The first-order valence-corrected chi connectivity index (χ1v) is 6.51. The Labute approximate surface area is 112 Å². The summed E-state index contributed by atoms with van der Waals surface area (Å²) in [6.07, 6.45) is -3.72. The van der Waals surface area contributed by atoms with Crippen molar-refractivity contribution < 1.29 is 18.0 Å². The van der Waals surface area contributed by atoms with Gasteiger partial charge in [-0.3, -0.25) is 4.79 Å². The molecule has 0 heterocycles. The van der Waals surface area contributed by atoms with E-state index < -0.39 is 17.6 Å². The topological polar surface area (TPSA) is 29.1 Å². The molecule has 0 spiro atoms. The highest BCUT2D eigenvalue weighted by molar-refractivity contribution is 9.09. The lowest BCUT2D eigenvalue weighted by Gasteiger charge is -2.13. The SMILES string of the molecule is CC(CCBr)NC(=O)c1cccc(C(F)(F)F)c1. The van der Waals surface area contributed by atoms with Gasteiger partial charge in [0.15, 0.2) is 0 Å². The fourth-order valence-electron chi connectivity index (χ4n) is 1.38. The van der Waals surface area contributed by atoms with Gasteiger partial charge in [-0.2, -0.15) is 13.2 Å². The Morgan fingerprint density at radius 1 is 1.44 bits per heavy atom. The number of halogens is 4. The lowest BCUT2D eigenvalue weighted by molar-refractivity contribution is -0.137. The Morgan fingerprint density at radius 2 is 2.11 bits per heavy atom. The van der Waals surface area contributed by atoms with Crippen LogP contribution in [-0.2, 0) is 6.18 Å². The number of alkyl halides is 4. The Kier molecular flexibility index (Phi) is 5.19. The molecule has 1 aromatic carbocycles. The molecule has 1 atom stereocenters. The van der Waals surface area contributed by atoms with Crippen molar-refractivity contribution in [3.63, 3.8) is 0 Å². The smallest absolute Gasteiger partial charge is 0.350 e. The Balaban J connectivity index is 2.81. The van der Waals surface area contributed by atoms with E-state index in [1.165, 1.54) is 12.1 Å². The fourth-order valence-corrected chi connectivity index (χ4v) is 2.07. The van der Waals surface area contributed by atoms with Crippen LogP contribution in [-0.4, -0.2) is 17.3 Å². The summed E-state index contributed by atoms with van der Waals surface area (Å²) < 4.78 is 37.4. The second-order valence-corrected chi connectivity index (χ2v) is 4.72. The molecule has 1 rings (SSSR count). The number of rotatable bonds is 4. The minimum Gasteiger partial charge on any atom is -0.350 e. The van der Waals surface area contributed by atoms with Gasteiger partial charge in [-0.25, -0.2) is 0 Å². The van der Waals surface area contributed by atoms with Crippen molar-refractivity contribution in [3.05, 3.63) is 35.4 Å². The van der Waals surface area contributed by atoms with Gasteiger partial charge < -0.3 is 5.32 Å². The summed E-state index contributed by atoms with van der Waals surface area (Å²) in [5.74, 6) is -0.491. The van der Waals surface area contributed by atoms with Crippen LogP contribution in [0.5, 0.6) is 0 Å². The molecule has 18 heavy (non-hydrogen) atoms. The van der Waals surface area contributed by atoms with Crippen LogP contribution in [0.25, 0.3) is 0 Å². The molecule has 1 aromatic rings. The highest BCUT2D eigenvalue weighted by Crippen LogP contribution is 2.29. The van der Waals surface area contributed by atoms with Crippen molar-refractivity contribution in [3.8, 4) is 0 Å². The van der Waals surface area contributed by atoms with Crippen LogP contribution in [0.3, 0.4) is 0 Å². The van der Waals surface area contributed by atoms with Crippen molar-refractivity contribution >= 4 is 21.8 Å². The summed E-state index contributed by atoms with van der Waals surface area (Å²) in [4.78, 5) is 11.7. The first-order valence-electron chi connectivity index (χ1n) is 5.38. The van der Waals surface area contributed by atoms with Crippen LogP contribution in [0.15, 0.2) is 24.3 Å². The van der Waals surface area contributed by atoms with E-state index in [1.807, 2.05) is 0 Å². The van der Waals surface area contributed by atoms with Crippen LogP contribution in [0, 0.1) is 0 Å². The zero-order chi connectivity index (χ0) is 13.8. The number of nitrogens with one attached hydrogen (secondary N) is 1. The largest absolute Gasteiger partial charge is 0.416 e. The van der Waals surface area contributed by atoms with Crippen LogP contribution in [0.2, 0.25) is 0 Å². The Bertz CT molecular complexity index is 420. The highest BCUT2D eigenvalue weighted by Gasteiger charge is 2.30. The van der Waals surface area contributed by atoms with E-state index in [-0.39, 0.29) is 11.6 Å². The normalized spacial score (nSPS) is 13.2. The summed E-state index contributed by atoms with van der Waals surface area (Å²) in [5, 5.41) is 3.36. The quantitative estimate of drug-likeness (QED) is 0.843. The number of hydrogen-bond acceptors (Lipinski definition) is 1. The molecule has 0 fully saturated rings. The van der Waals surface area contributed by atoms with E-state index in [4.69, 9.17) is 0 Å². The van der Waals surface area contributed by atoms with Crippen LogP contribution >= 0.6 is 15.9 Å². The summed E-state index contributed by atoms with van der Waals surface area (Å²) in [6, 6.07) is 4.30. The number of hydrogen-bond donors (Lipinski definition) is 1. The van der Waals surface area contributed by atoms with E-state index in [0.29, 0.717) is 6.42 Å². The second kappa shape index (κ2) is 6.22. The fraction of sp³-hybridized carbons (Fsp3) is 0.417. The summed E-state index contributed by atoms with van der Waals surface area (Å²) >= 11 is 3.23. The molecule has 0 saturated heterocycles. The lowest BCUT2D eigenvalue weighted by Crippen LogP contribution is -2.32. The number of benzene rings is 1. The van der Waals surface area contributed by atoms with E-state index in [0.717, 1.165) is 17.5 Å². The third-order valence-electron chi connectivity index (χ3n) is 2.37.